The Morgan fingerprint density at radius 1 is 1.35 bits per heavy atom. The van der Waals surface area contributed by atoms with Crippen LogP contribution in [0, 0.1) is 5.92 Å². The molecule has 2 heterocycles. The topological polar surface area (TPSA) is 54.5 Å². The highest BCUT2D eigenvalue weighted by atomic mass is 79.9. The first-order chi connectivity index (χ1) is 12.5. The van der Waals surface area contributed by atoms with Gasteiger partial charge in [-0.05, 0) is 69.1 Å². The van der Waals surface area contributed by atoms with Crippen molar-refractivity contribution in [1.82, 2.24) is 15.2 Å². The summed E-state index contributed by atoms with van der Waals surface area (Å²) in [5.41, 5.74) is 0.453. The maximum Gasteiger partial charge on any atom is 0.256 e. The number of carbonyl (C=O) groups excluding carboxylic acids is 1. The molecule has 1 aliphatic rings. The quantitative estimate of drug-likeness (QED) is 0.768. The maximum atomic E-state index is 12.6. The Morgan fingerprint density at radius 2 is 2.12 bits per heavy atom. The highest BCUT2D eigenvalue weighted by molar-refractivity contribution is 9.10. The van der Waals surface area contributed by atoms with Crippen molar-refractivity contribution in [2.45, 2.75) is 26.3 Å². The van der Waals surface area contributed by atoms with Crippen molar-refractivity contribution in [3.63, 3.8) is 0 Å². The molecular formula is C20H24BrN3O2. The van der Waals surface area contributed by atoms with Crippen molar-refractivity contribution < 1.29 is 9.53 Å². The Labute approximate surface area is 162 Å². The number of pyridine rings is 1. The summed E-state index contributed by atoms with van der Waals surface area (Å²) in [5.74, 6) is 1.31. The van der Waals surface area contributed by atoms with Gasteiger partial charge in [0.2, 0.25) is 5.88 Å². The molecule has 1 saturated heterocycles. The Bertz CT molecular complexity index is 749. The van der Waals surface area contributed by atoms with Gasteiger partial charge in [0, 0.05) is 29.8 Å². The fourth-order valence-electron chi connectivity index (χ4n) is 3.09. The molecule has 1 N–H and O–H groups in total. The summed E-state index contributed by atoms with van der Waals surface area (Å²) in [6.07, 6.45) is 2.75. The van der Waals surface area contributed by atoms with E-state index in [9.17, 15) is 4.79 Å². The summed E-state index contributed by atoms with van der Waals surface area (Å²) in [4.78, 5) is 19.3. The van der Waals surface area contributed by atoms with E-state index in [1.54, 1.807) is 18.3 Å². The number of carbonyl (C=O) groups is 1. The minimum absolute atomic E-state index is 0.145. The minimum atomic E-state index is -0.145. The average molecular weight is 418 g/mol. The number of aromatic nitrogens is 1. The van der Waals surface area contributed by atoms with E-state index in [0.29, 0.717) is 35.7 Å². The molecule has 26 heavy (non-hydrogen) atoms. The van der Waals surface area contributed by atoms with Gasteiger partial charge in [0.1, 0.15) is 11.3 Å². The molecule has 1 atom stereocenters. The summed E-state index contributed by atoms with van der Waals surface area (Å²) in [6, 6.07) is 11.5. The number of rotatable bonds is 6. The Kier molecular flexibility index (Phi) is 6.27. The molecule has 1 unspecified atom stereocenters. The third kappa shape index (κ3) is 4.83. The van der Waals surface area contributed by atoms with Crippen molar-refractivity contribution in [3.8, 4) is 11.6 Å². The van der Waals surface area contributed by atoms with E-state index >= 15 is 0 Å². The number of nitrogens with one attached hydrogen (secondary N) is 1. The lowest BCUT2D eigenvalue weighted by atomic mass is 10.1. The molecule has 6 heteroatoms. The van der Waals surface area contributed by atoms with Crippen LogP contribution in [-0.2, 0) is 0 Å². The normalized spacial score (nSPS) is 17.5. The second kappa shape index (κ2) is 8.64. The lowest BCUT2D eigenvalue weighted by molar-refractivity contribution is 0.0944. The fourth-order valence-corrected chi connectivity index (χ4v) is 3.35. The van der Waals surface area contributed by atoms with Gasteiger partial charge in [-0.3, -0.25) is 4.79 Å². The van der Waals surface area contributed by atoms with Crippen LogP contribution >= 0.6 is 15.9 Å². The number of benzene rings is 1. The number of nitrogens with zero attached hydrogens (tertiary/aromatic N) is 2. The van der Waals surface area contributed by atoms with Crippen LogP contribution in [0.1, 0.15) is 30.6 Å². The molecule has 1 aromatic carbocycles. The Balaban J connectivity index is 1.62. The van der Waals surface area contributed by atoms with Gasteiger partial charge >= 0.3 is 0 Å². The van der Waals surface area contributed by atoms with Gasteiger partial charge in [-0.1, -0.05) is 15.9 Å². The Morgan fingerprint density at radius 3 is 2.81 bits per heavy atom. The van der Waals surface area contributed by atoms with E-state index in [4.69, 9.17) is 4.74 Å². The first-order valence-electron chi connectivity index (χ1n) is 8.93. The molecular weight excluding hydrogens is 394 g/mol. The van der Waals surface area contributed by atoms with E-state index in [1.807, 2.05) is 24.3 Å². The number of ether oxygens (including phenoxy) is 1. The van der Waals surface area contributed by atoms with Crippen LogP contribution in [0.3, 0.4) is 0 Å². The molecule has 0 spiro atoms. The standard InChI is InChI=1S/C20H24BrN3O2/c1-14(2)24-11-9-15(13-24)12-23-19(25)18-4-3-10-22-20(18)26-17-7-5-16(21)6-8-17/h3-8,10,14-15H,9,11-13H2,1-2H3,(H,23,25). The number of halogens is 1. The van der Waals surface area contributed by atoms with E-state index < -0.39 is 0 Å². The van der Waals surface area contributed by atoms with Crippen LogP contribution in [-0.4, -0.2) is 41.5 Å². The van der Waals surface area contributed by atoms with E-state index in [1.165, 1.54) is 0 Å². The molecule has 1 amide bonds. The predicted molar refractivity (Wildman–Crippen MR) is 106 cm³/mol. The van der Waals surface area contributed by atoms with Gasteiger partial charge in [-0.25, -0.2) is 4.98 Å². The van der Waals surface area contributed by atoms with Gasteiger partial charge in [0.25, 0.3) is 5.91 Å². The molecule has 0 radical (unpaired) electrons. The van der Waals surface area contributed by atoms with Gasteiger partial charge < -0.3 is 15.0 Å². The molecule has 1 fully saturated rings. The highest BCUT2D eigenvalue weighted by Crippen LogP contribution is 2.24. The Hall–Kier alpha value is -1.92. The van der Waals surface area contributed by atoms with Crippen molar-refractivity contribution in [3.05, 3.63) is 52.6 Å². The zero-order chi connectivity index (χ0) is 18.5. The number of hydrogen-bond donors (Lipinski definition) is 1. The molecule has 3 rings (SSSR count). The van der Waals surface area contributed by atoms with E-state index in [-0.39, 0.29) is 5.91 Å². The van der Waals surface area contributed by atoms with Gasteiger partial charge in [0.15, 0.2) is 0 Å². The average Bonchev–Trinajstić information content (AvgIpc) is 3.11. The molecule has 0 bridgehead atoms. The predicted octanol–water partition coefficient (Wildman–Crippen LogP) is 4.10. The van der Waals surface area contributed by atoms with Gasteiger partial charge in [-0.2, -0.15) is 0 Å². The van der Waals surface area contributed by atoms with Crippen molar-refractivity contribution in [1.29, 1.82) is 0 Å². The molecule has 2 aromatic rings. The molecule has 0 aliphatic carbocycles. The SMILES string of the molecule is CC(C)N1CCC(CNC(=O)c2cccnc2Oc2ccc(Br)cc2)C1. The smallest absolute Gasteiger partial charge is 0.256 e. The summed E-state index contributed by atoms with van der Waals surface area (Å²) in [5, 5.41) is 3.04. The van der Waals surface area contributed by atoms with Crippen LogP contribution < -0.4 is 10.1 Å². The number of hydrogen-bond acceptors (Lipinski definition) is 4. The van der Waals surface area contributed by atoms with Gasteiger partial charge in [-0.15, -0.1) is 0 Å². The summed E-state index contributed by atoms with van der Waals surface area (Å²) >= 11 is 3.40. The summed E-state index contributed by atoms with van der Waals surface area (Å²) < 4.78 is 6.77. The zero-order valence-electron chi connectivity index (χ0n) is 15.1. The molecule has 1 aromatic heterocycles. The third-order valence-corrected chi connectivity index (χ3v) is 5.17. The van der Waals surface area contributed by atoms with Crippen LogP contribution in [0.4, 0.5) is 0 Å². The second-order valence-corrected chi connectivity index (χ2v) is 7.78. The third-order valence-electron chi connectivity index (χ3n) is 4.64. The molecule has 5 nitrogen and oxygen atoms in total. The van der Waals surface area contributed by atoms with Crippen molar-refractivity contribution >= 4 is 21.8 Å². The van der Waals surface area contributed by atoms with Gasteiger partial charge in [0.05, 0.1) is 0 Å². The monoisotopic (exact) mass is 417 g/mol. The lowest BCUT2D eigenvalue weighted by Crippen LogP contribution is -2.33. The minimum Gasteiger partial charge on any atom is -0.438 e. The largest absolute Gasteiger partial charge is 0.438 e. The first-order valence-corrected chi connectivity index (χ1v) is 9.73. The summed E-state index contributed by atoms with van der Waals surface area (Å²) in [6.45, 7) is 7.23. The highest BCUT2D eigenvalue weighted by Gasteiger charge is 2.25. The van der Waals surface area contributed by atoms with E-state index in [0.717, 1.165) is 24.0 Å². The molecule has 1 aliphatic heterocycles. The van der Waals surface area contributed by atoms with Crippen LogP contribution in [0.25, 0.3) is 0 Å². The van der Waals surface area contributed by atoms with Crippen LogP contribution in [0.5, 0.6) is 11.6 Å². The summed E-state index contributed by atoms with van der Waals surface area (Å²) in [7, 11) is 0. The molecule has 138 valence electrons. The van der Waals surface area contributed by atoms with Crippen LogP contribution in [0.2, 0.25) is 0 Å². The lowest BCUT2D eigenvalue weighted by Gasteiger charge is -2.20. The van der Waals surface area contributed by atoms with E-state index in [2.05, 4.69) is 45.0 Å². The maximum absolute atomic E-state index is 12.6. The van der Waals surface area contributed by atoms with Crippen LogP contribution in [0.15, 0.2) is 47.1 Å². The molecule has 0 saturated carbocycles. The number of likely N-dealkylation sites (tertiary alicyclic amines) is 1. The zero-order valence-corrected chi connectivity index (χ0v) is 16.7. The fraction of sp³-hybridized carbons (Fsp3) is 0.400. The van der Waals surface area contributed by atoms with Crippen molar-refractivity contribution in [2.75, 3.05) is 19.6 Å². The van der Waals surface area contributed by atoms with Crippen molar-refractivity contribution in [2.24, 2.45) is 5.92 Å². The first kappa shape index (κ1) is 18.9. The second-order valence-electron chi connectivity index (χ2n) is 6.87. The number of amides is 1.